The number of rotatable bonds is 8. The normalized spacial score (nSPS) is 15.5. The van der Waals surface area contributed by atoms with Gasteiger partial charge in [-0.1, -0.05) is 6.07 Å². The lowest BCUT2D eigenvalue weighted by molar-refractivity contribution is 0.0263. The van der Waals surface area contributed by atoms with Crippen LogP contribution in [0, 0.1) is 0 Å². The van der Waals surface area contributed by atoms with Crippen molar-refractivity contribution in [1.29, 1.82) is 0 Å². The van der Waals surface area contributed by atoms with E-state index in [1.165, 1.54) is 0 Å². The summed E-state index contributed by atoms with van der Waals surface area (Å²) >= 11 is 0. The number of hydrogen-bond acceptors (Lipinski definition) is 5. The summed E-state index contributed by atoms with van der Waals surface area (Å²) in [4.78, 5) is 11.0. The number of nitrogens with zero attached hydrogens (tertiary/aromatic N) is 3. The van der Waals surface area contributed by atoms with Crippen molar-refractivity contribution in [1.82, 2.24) is 15.2 Å². The second-order valence-electron chi connectivity index (χ2n) is 5.85. The zero-order valence-electron chi connectivity index (χ0n) is 15.9. The van der Waals surface area contributed by atoms with E-state index in [1.807, 2.05) is 26.1 Å². The van der Waals surface area contributed by atoms with E-state index in [9.17, 15) is 0 Å². The van der Waals surface area contributed by atoms with Crippen molar-refractivity contribution in [3.05, 3.63) is 23.9 Å². The number of piperidine rings is 1. The number of guanidine groups is 1. The van der Waals surface area contributed by atoms with Gasteiger partial charge in [0.1, 0.15) is 6.61 Å². The Hall–Kier alpha value is -1.13. The van der Waals surface area contributed by atoms with Gasteiger partial charge in [0, 0.05) is 52.2 Å². The molecule has 2 rings (SSSR count). The Morgan fingerprint density at radius 3 is 2.77 bits per heavy atom. The Morgan fingerprint density at radius 1 is 1.35 bits per heavy atom. The molecule has 0 amide bonds. The summed E-state index contributed by atoms with van der Waals surface area (Å²) in [6.07, 6.45) is 4.18. The van der Waals surface area contributed by atoms with Crippen LogP contribution in [-0.4, -0.2) is 69.0 Å². The van der Waals surface area contributed by atoms with Crippen molar-refractivity contribution in [3.8, 4) is 5.88 Å². The molecule has 1 aromatic rings. The number of aromatic nitrogens is 1. The van der Waals surface area contributed by atoms with Crippen LogP contribution in [0.1, 0.15) is 25.3 Å². The molecule has 8 heteroatoms. The lowest BCUT2D eigenvalue weighted by Gasteiger charge is -2.34. The highest BCUT2D eigenvalue weighted by atomic mass is 127. The zero-order valence-corrected chi connectivity index (χ0v) is 18.3. The smallest absolute Gasteiger partial charge is 0.218 e. The van der Waals surface area contributed by atoms with Gasteiger partial charge in [-0.3, -0.25) is 4.99 Å². The molecule has 1 N–H and O–H groups in total. The summed E-state index contributed by atoms with van der Waals surface area (Å²) in [5, 5.41) is 3.42. The fourth-order valence-electron chi connectivity index (χ4n) is 2.89. The van der Waals surface area contributed by atoms with Crippen LogP contribution in [0.4, 0.5) is 0 Å². The number of pyridine rings is 1. The third-order valence-corrected chi connectivity index (χ3v) is 4.17. The first-order valence-corrected chi connectivity index (χ1v) is 8.91. The molecule has 0 aromatic carbocycles. The third-order valence-electron chi connectivity index (χ3n) is 4.17. The number of nitrogens with one attached hydrogen (secondary N) is 1. The molecule has 0 spiro atoms. The van der Waals surface area contributed by atoms with E-state index < -0.39 is 0 Å². The van der Waals surface area contributed by atoms with Gasteiger partial charge in [-0.2, -0.15) is 0 Å². The number of methoxy groups -OCH3 is 1. The molecule has 0 bridgehead atoms. The van der Waals surface area contributed by atoms with Crippen molar-refractivity contribution in [2.24, 2.45) is 4.99 Å². The maximum Gasteiger partial charge on any atom is 0.218 e. The lowest BCUT2D eigenvalue weighted by Crippen LogP contribution is -2.46. The first kappa shape index (κ1) is 22.9. The van der Waals surface area contributed by atoms with Crippen molar-refractivity contribution in [3.63, 3.8) is 0 Å². The quantitative estimate of drug-likeness (QED) is 0.268. The second-order valence-corrected chi connectivity index (χ2v) is 5.85. The van der Waals surface area contributed by atoms with Gasteiger partial charge in [-0.25, -0.2) is 4.98 Å². The molecule has 1 aliphatic rings. The number of halogens is 1. The zero-order chi connectivity index (χ0) is 17.9. The number of aliphatic imine (C=N–C) groups is 1. The van der Waals surface area contributed by atoms with Crippen LogP contribution in [0.25, 0.3) is 0 Å². The maximum atomic E-state index is 5.71. The molecular formula is C18H31IN4O3. The summed E-state index contributed by atoms with van der Waals surface area (Å²) in [5.41, 5.74) is 1.00. The van der Waals surface area contributed by atoms with E-state index in [0.29, 0.717) is 31.7 Å². The largest absolute Gasteiger partial charge is 0.475 e. The topological polar surface area (TPSA) is 68.2 Å². The Kier molecular flexibility index (Phi) is 11.5. The van der Waals surface area contributed by atoms with Crippen LogP contribution >= 0.6 is 24.0 Å². The molecule has 148 valence electrons. The fourth-order valence-corrected chi connectivity index (χ4v) is 2.89. The molecule has 1 saturated heterocycles. The van der Waals surface area contributed by atoms with E-state index in [0.717, 1.165) is 44.1 Å². The Labute approximate surface area is 173 Å². The maximum absolute atomic E-state index is 5.71. The number of hydrogen-bond donors (Lipinski definition) is 1. The number of ether oxygens (including phenoxy) is 3. The van der Waals surface area contributed by atoms with Gasteiger partial charge < -0.3 is 24.4 Å². The molecule has 1 aliphatic heterocycles. The highest BCUT2D eigenvalue weighted by Crippen LogP contribution is 2.16. The van der Waals surface area contributed by atoms with Crippen molar-refractivity contribution in [2.45, 2.75) is 32.4 Å². The summed E-state index contributed by atoms with van der Waals surface area (Å²) in [6, 6.07) is 3.92. The predicted molar refractivity (Wildman–Crippen MR) is 113 cm³/mol. The van der Waals surface area contributed by atoms with Gasteiger partial charge in [0.05, 0.1) is 12.7 Å². The minimum atomic E-state index is 0. The van der Waals surface area contributed by atoms with Gasteiger partial charge >= 0.3 is 0 Å². The minimum Gasteiger partial charge on any atom is -0.475 e. The second kappa shape index (κ2) is 13.1. The average Bonchev–Trinajstić information content (AvgIpc) is 2.65. The van der Waals surface area contributed by atoms with Crippen LogP contribution in [0.2, 0.25) is 0 Å². The van der Waals surface area contributed by atoms with E-state index in [4.69, 9.17) is 14.2 Å². The van der Waals surface area contributed by atoms with E-state index in [1.54, 1.807) is 13.3 Å². The van der Waals surface area contributed by atoms with Gasteiger partial charge in [0.15, 0.2) is 5.96 Å². The van der Waals surface area contributed by atoms with Crippen molar-refractivity contribution in [2.75, 3.05) is 47.1 Å². The SMILES string of the molecule is CCOC1CCN(C(=NC)NCc2cccnc2OCCOC)CC1.I. The minimum absolute atomic E-state index is 0. The number of likely N-dealkylation sites (tertiary alicyclic amines) is 1. The molecule has 0 saturated carbocycles. The summed E-state index contributed by atoms with van der Waals surface area (Å²) in [5.74, 6) is 1.54. The summed E-state index contributed by atoms with van der Waals surface area (Å²) in [6.45, 7) is 6.38. The van der Waals surface area contributed by atoms with Crippen LogP contribution in [0.15, 0.2) is 23.3 Å². The van der Waals surface area contributed by atoms with Gasteiger partial charge in [0.2, 0.25) is 5.88 Å². The van der Waals surface area contributed by atoms with E-state index in [-0.39, 0.29) is 24.0 Å². The van der Waals surface area contributed by atoms with Crippen LogP contribution < -0.4 is 10.1 Å². The fraction of sp³-hybridized carbons (Fsp3) is 0.667. The first-order valence-electron chi connectivity index (χ1n) is 8.91. The predicted octanol–water partition coefficient (Wildman–Crippen LogP) is 2.30. The van der Waals surface area contributed by atoms with Gasteiger partial charge in [-0.05, 0) is 25.8 Å². The van der Waals surface area contributed by atoms with Gasteiger partial charge in [-0.15, -0.1) is 24.0 Å². The monoisotopic (exact) mass is 478 g/mol. The lowest BCUT2D eigenvalue weighted by atomic mass is 10.1. The van der Waals surface area contributed by atoms with E-state index in [2.05, 4.69) is 20.2 Å². The summed E-state index contributed by atoms with van der Waals surface area (Å²) in [7, 11) is 3.47. The molecule has 26 heavy (non-hydrogen) atoms. The Balaban J connectivity index is 0.00000338. The molecule has 0 unspecified atom stereocenters. The molecule has 0 radical (unpaired) electrons. The average molecular weight is 478 g/mol. The molecule has 2 heterocycles. The van der Waals surface area contributed by atoms with Crippen LogP contribution in [-0.2, 0) is 16.0 Å². The molecule has 0 atom stereocenters. The summed E-state index contributed by atoms with van der Waals surface area (Å²) < 4.78 is 16.4. The molecule has 1 fully saturated rings. The molecular weight excluding hydrogens is 447 g/mol. The standard InChI is InChI=1S/C18H30N4O3.HI/c1-4-24-16-7-10-22(11-8-16)18(19-2)21-14-15-6-5-9-20-17(15)25-13-12-23-3;/h5-6,9,16H,4,7-8,10-14H2,1-3H3,(H,19,21);1H. The Morgan fingerprint density at radius 2 is 2.12 bits per heavy atom. The van der Waals surface area contributed by atoms with Gasteiger partial charge in [0.25, 0.3) is 0 Å². The first-order chi connectivity index (χ1) is 12.3. The highest BCUT2D eigenvalue weighted by molar-refractivity contribution is 14.0. The highest BCUT2D eigenvalue weighted by Gasteiger charge is 2.21. The third kappa shape index (κ3) is 7.24. The van der Waals surface area contributed by atoms with Crippen LogP contribution in [0.5, 0.6) is 5.88 Å². The van der Waals surface area contributed by atoms with E-state index >= 15 is 0 Å². The molecule has 0 aliphatic carbocycles. The molecule has 7 nitrogen and oxygen atoms in total. The van der Waals surface area contributed by atoms with Crippen molar-refractivity contribution >= 4 is 29.9 Å². The Bertz CT molecular complexity index is 537. The molecule has 1 aromatic heterocycles. The van der Waals surface area contributed by atoms with Crippen molar-refractivity contribution < 1.29 is 14.2 Å². The van der Waals surface area contributed by atoms with Crippen LogP contribution in [0.3, 0.4) is 0 Å².